The third kappa shape index (κ3) is 4.79. The molecule has 13 heteroatoms. The third-order valence-electron chi connectivity index (χ3n) is 8.36. The number of carbonyl (C=O) groups excluding carboxylic acids is 3. The number of thiophene rings is 1. The van der Waals surface area contributed by atoms with Crippen molar-refractivity contribution < 1.29 is 32.3 Å². The first-order valence-electron chi connectivity index (χ1n) is 13.1. The van der Waals surface area contributed by atoms with Gasteiger partial charge in [-0.25, -0.2) is 9.97 Å². The van der Waals surface area contributed by atoms with Crippen molar-refractivity contribution >= 4 is 50.9 Å². The number of carbonyl (C=O) groups is 3. The molecule has 8 nitrogen and oxygen atoms in total. The van der Waals surface area contributed by atoms with Gasteiger partial charge in [0.2, 0.25) is 11.8 Å². The Morgan fingerprint density at radius 3 is 2.56 bits per heavy atom. The summed E-state index contributed by atoms with van der Waals surface area (Å²) >= 11 is 7.82. The second-order valence-corrected chi connectivity index (χ2v) is 13.0. The molecule has 2 saturated heterocycles. The fourth-order valence-corrected chi connectivity index (χ4v) is 7.55. The van der Waals surface area contributed by atoms with Crippen LogP contribution < -0.4 is 0 Å². The van der Waals surface area contributed by atoms with Crippen LogP contribution in [-0.4, -0.2) is 69.5 Å². The number of rotatable bonds is 5. The molecule has 0 spiro atoms. The average Bonchev–Trinajstić information content (AvgIpc) is 3.15. The number of morpholine rings is 1. The summed E-state index contributed by atoms with van der Waals surface area (Å²) in [5.74, 6) is -2.69. The number of halogens is 4. The van der Waals surface area contributed by atoms with Crippen molar-refractivity contribution in [2.75, 3.05) is 19.7 Å². The van der Waals surface area contributed by atoms with Crippen LogP contribution in [0, 0.1) is 24.2 Å². The van der Waals surface area contributed by atoms with Crippen LogP contribution in [0.2, 0.25) is 5.02 Å². The van der Waals surface area contributed by atoms with E-state index >= 15 is 0 Å². The van der Waals surface area contributed by atoms with Crippen LogP contribution in [0.5, 0.6) is 0 Å². The quantitative estimate of drug-likeness (QED) is 0.388. The van der Waals surface area contributed by atoms with Crippen LogP contribution in [0.25, 0.3) is 21.5 Å². The Kier molecular flexibility index (Phi) is 6.66. The number of alkyl halides is 3. The summed E-state index contributed by atoms with van der Waals surface area (Å²) in [5, 5.41) is 0.457. The third-order valence-corrected chi connectivity index (χ3v) is 9.69. The number of aryl methyl sites for hydroxylation is 1. The van der Waals surface area contributed by atoms with Gasteiger partial charge >= 0.3 is 12.1 Å². The van der Waals surface area contributed by atoms with E-state index in [4.69, 9.17) is 16.3 Å². The molecule has 216 valence electrons. The van der Waals surface area contributed by atoms with Gasteiger partial charge in [-0.05, 0) is 41.7 Å². The first-order valence-corrected chi connectivity index (χ1v) is 14.3. The molecule has 2 aromatic heterocycles. The number of hydrogen-bond donors (Lipinski definition) is 0. The molecule has 3 fully saturated rings. The number of piperidine rings is 1. The number of hydrogen-bond acceptors (Lipinski definition) is 7. The molecule has 3 amide bonds. The van der Waals surface area contributed by atoms with Gasteiger partial charge in [-0.15, -0.1) is 11.3 Å². The fourth-order valence-electron chi connectivity index (χ4n) is 6.18. The standard InChI is InChI=1S/C28H26ClF3N4O4S/c1-13-6-14(29)7-18(17(13)8-15-10-35(4-5-40-15)26(39)28(30,31)32)22-23-19(33-12-34-22)9-16(41-23)11-36-24(37)20-21(25(36)38)27(20,2)3/h6-7,9,12,15,20-21H,4-5,8,10-11H2,1-3H3. The lowest BCUT2D eigenvalue weighted by atomic mass is 9.94. The summed E-state index contributed by atoms with van der Waals surface area (Å²) in [6.45, 7) is 5.54. The van der Waals surface area contributed by atoms with Gasteiger partial charge in [0, 0.05) is 35.0 Å². The zero-order valence-corrected chi connectivity index (χ0v) is 24.0. The van der Waals surface area contributed by atoms with Crippen LogP contribution in [0.3, 0.4) is 0 Å². The van der Waals surface area contributed by atoms with Gasteiger partial charge in [-0.2, -0.15) is 13.2 Å². The molecule has 41 heavy (non-hydrogen) atoms. The number of amides is 3. The highest BCUT2D eigenvalue weighted by molar-refractivity contribution is 7.19. The maximum atomic E-state index is 13.1. The molecule has 3 unspecified atom stereocenters. The zero-order valence-electron chi connectivity index (χ0n) is 22.4. The molecule has 0 bridgehead atoms. The van der Waals surface area contributed by atoms with Gasteiger partial charge in [0.25, 0.3) is 0 Å². The van der Waals surface area contributed by atoms with Crippen LogP contribution in [0.4, 0.5) is 13.2 Å². The van der Waals surface area contributed by atoms with Crippen LogP contribution in [0.15, 0.2) is 24.5 Å². The molecule has 1 aliphatic carbocycles. The van der Waals surface area contributed by atoms with Crippen molar-refractivity contribution in [3.05, 3.63) is 45.6 Å². The summed E-state index contributed by atoms with van der Waals surface area (Å²) in [7, 11) is 0. The largest absolute Gasteiger partial charge is 0.471 e. The van der Waals surface area contributed by atoms with Gasteiger partial charge in [0.1, 0.15) is 6.33 Å². The van der Waals surface area contributed by atoms with Crippen molar-refractivity contribution in [1.29, 1.82) is 0 Å². The minimum absolute atomic E-state index is 0.00662. The lowest BCUT2D eigenvalue weighted by Gasteiger charge is -2.34. The Labute approximate surface area is 242 Å². The van der Waals surface area contributed by atoms with E-state index < -0.39 is 18.2 Å². The number of nitrogens with zero attached hydrogens (tertiary/aromatic N) is 4. The average molecular weight is 607 g/mol. The fraction of sp³-hybridized carbons (Fsp3) is 0.464. The Morgan fingerprint density at radius 2 is 1.88 bits per heavy atom. The van der Waals surface area contributed by atoms with Crippen molar-refractivity contribution in [1.82, 2.24) is 19.8 Å². The summed E-state index contributed by atoms with van der Waals surface area (Å²) in [6, 6.07) is 5.34. The van der Waals surface area contributed by atoms with E-state index in [0.717, 1.165) is 25.6 Å². The lowest BCUT2D eigenvalue weighted by Crippen LogP contribution is -2.50. The van der Waals surface area contributed by atoms with Crippen molar-refractivity contribution in [2.24, 2.45) is 17.3 Å². The Morgan fingerprint density at radius 1 is 1.17 bits per heavy atom. The van der Waals surface area contributed by atoms with Crippen molar-refractivity contribution in [2.45, 2.75) is 46.0 Å². The summed E-state index contributed by atoms with van der Waals surface area (Å²) in [6.07, 6.45) is -3.96. The van der Waals surface area contributed by atoms with E-state index in [1.807, 2.05) is 26.8 Å². The van der Waals surface area contributed by atoms with Crippen LogP contribution in [-0.2, 0) is 32.1 Å². The molecule has 0 radical (unpaired) electrons. The number of likely N-dealkylation sites (tertiary alicyclic amines) is 1. The minimum atomic E-state index is -4.95. The zero-order chi connectivity index (χ0) is 29.4. The lowest BCUT2D eigenvalue weighted by molar-refractivity contribution is -0.191. The molecule has 1 saturated carbocycles. The van der Waals surface area contributed by atoms with Crippen molar-refractivity contribution in [3.63, 3.8) is 0 Å². The molecular weight excluding hydrogens is 581 g/mol. The molecule has 3 atom stereocenters. The van der Waals surface area contributed by atoms with E-state index in [0.29, 0.717) is 21.8 Å². The van der Waals surface area contributed by atoms with Gasteiger partial charge < -0.3 is 9.64 Å². The smallest absolute Gasteiger partial charge is 0.374 e. The Hall–Kier alpha value is -3.09. The second-order valence-electron chi connectivity index (χ2n) is 11.4. The van der Waals surface area contributed by atoms with Crippen molar-refractivity contribution in [3.8, 4) is 11.3 Å². The number of fused-ring (bicyclic) bond motifs is 2. The maximum absolute atomic E-state index is 13.1. The van der Waals surface area contributed by atoms with E-state index in [1.165, 1.54) is 22.6 Å². The van der Waals surface area contributed by atoms with Gasteiger partial charge in [0.05, 0.1) is 47.0 Å². The van der Waals surface area contributed by atoms with E-state index in [-0.39, 0.29) is 61.7 Å². The Balaban J connectivity index is 1.30. The highest BCUT2D eigenvalue weighted by Gasteiger charge is 2.72. The van der Waals surface area contributed by atoms with Gasteiger partial charge in [0.15, 0.2) is 0 Å². The second kappa shape index (κ2) is 9.74. The number of aromatic nitrogens is 2. The molecule has 0 N–H and O–H groups in total. The van der Waals surface area contributed by atoms with Gasteiger partial charge in [-0.3, -0.25) is 19.3 Å². The number of benzene rings is 1. The first kappa shape index (κ1) is 28.0. The minimum Gasteiger partial charge on any atom is -0.374 e. The molecule has 3 aliphatic rings. The monoisotopic (exact) mass is 606 g/mol. The van der Waals surface area contributed by atoms with E-state index in [9.17, 15) is 27.6 Å². The summed E-state index contributed by atoms with van der Waals surface area (Å²) in [4.78, 5) is 49.4. The normalized spacial score (nSPS) is 23.8. The predicted octanol–water partition coefficient (Wildman–Crippen LogP) is 4.79. The molecule has 3 aromatic rings. The molecular formula is C28H26ClF3N4O4S. The maximum Gasteiger partial charge on any atom is 0.471 e. The predicted molar refractivity (Wildman–Crippen MR) is 145 cm³/mol. The van der Waals surface area contributed by atoms with E-state index in [2.05, 4.69) is 9.97 Å². The van der Waals surface area contributed by atoms with Crippen LogP contribution >= 0.6 is 22.9 Å². The molecule has 1 aromatic carbocycles. The number of imide groups is 1. The summed E-state index contributed by atoms with van der Waals surface area (Å²) < 4.78 is 45.7. The highest BCUT2D eigenvalue weighted by atomic mass is 35.5. The van der Waals surface area contributed by atoms with E-state index in [1.54, 1.807) is 12.1 Å². The summed E-state index contributed by atoms with van der Waals surface area (Å²) in [5.41, 5.74) is 3.18. The first-order chi connectivity index (χ1) is 19.3. The number of ether oxygens (including phenoxy) is 1. The highest BCUT2D eigenvalue weighted by Crippen LogP contribution is 2.63. The Bertz CT molecular complexity index is 1580. The molecule has 2 aliphatic heterocycles. The van der Waals surface area contributed by atoms with Gasteiger partial charge in [-0.1, -0.05) is 25.4 Å². The van der Waals surface area contributed by atoms with Crippen LogP contribution in [0.1, 0.15) is 29.9 Å². The molecule has 4 heterocycles. The SMILES string of the molecule is Cc1cc(Cl)cc(-c2ncnc3cc(CN4C(=O)C5C(C4=O)C5(C)C)sc23)c1CC1CN(C(=O)C(F)(F)F)CCO1. The molecule has 6 rings (SSSR count). The topological polar surface area (TPSA) is 92.7 Å².